The van der Waals surface area contributed by atoms with Crippen LogP contribution in [0.1, 0.15) is 30.1 Å². The highest BCUT2D eigenvalue weighted by Gasteiger charge is 2.12. The second kappa shape index (κ2) is 7.98. The molecule has 0 aromatic carbocycles. The minimum Gasteiger partial charge on any atom is -0.352 e. The number of hydrogen-bond acceptors (Lipinski definition) is 4. The molecular weight excluding hydrogens is 242 g/mol. The van der Waals surface area contributed by atoms with E-state index in [9.17, 15) is 9.59 Å². The van der Waals surface area contributed by atoms with Gasteiger partial charge in [0.1, 0.15) is 12.2 Å². The maximum absolute atomic E-state index is 11.7. The summed E-state index contributed by atoms with van der Waals surface area (Å²) in [4.78, 5) is 26.1. The van der Waals surface area contributed by atoms with Gasteiger partial charge < -0.3 is 10.1 Å². The van der Waals surface area contributed by atoms with E-state index in [2.05, 4.69) is 10.3 Å². The van der Waals surface area contributed by atoms with Crippen LogP contribution in [0.25, 0.3) is 0 Å². The van der Waals surface area contributed by atoms with E-state index < -0.39 is 5.92 Å². The number of nitriles is 1. The van der Waals surface area contributed by atoms with Gasteiger partial charge in [0.25, 0.3) is 5.91 Å². The number of carbonyl (C=O) groups excluding carboxylic acids is 2. The minimum atomic E-state index is -0.552. The SMILES string of the molecule is CC(CCNC(=O)c1cccnc1)C[C@@H](C#N)C=O. The Bertz CT molecular complexity index is 454. The van der Waals surface area contributed by atoms with E-state index in [1.54, 1.807) is 18.3 Å². The van der Waals surface area contributed by atoms with Crippen LogP contribution in [0.3, 0.4) is 0 Å². The quantitative estimate of drug-likeness (QED) is 0.753. The van der Waals surface area contributed by atoms with Crippen LogP contribution in [-0.4, -0.2) is 23.7 Å². The lowest BCUT2D eigenvalue weighted by Crippen LogP contribution is -2.26. The molecule has 5 heteroatoms. The third-order valence-corrected chi connectivity index (χ3v) is 2.83. The van der Waals surface area contributed by atoms with E-state index in [4.69, 9.17) is 5.26 Å². The molecular formula is C14H17N3O2. The molecule has 0 radical (unpaired) electrons. The van der Waals surface area contributed by atoms with Gasteiger partial charge in [-0.2, -0.15) is 5.26 Å². The Labute approximate surface area is 112 Å². The van der Waals surface area contributed by atoms with Crippen LogP contribution in [0.4, 0.5) is 0 Å². The number of nitrogens with one attached hydrogen (secondary N) is 1. The van der Waals surface area contributed by atoms with Gasteiger partial charge >= 0.3 is 0 Å². The number of aromatic nitrogens is 1. The lowest BCUT2D eigenvalue weighted by molar-refractivity contribution is -0.110. The second-order valence-corrected chi connectivity index (χ2v) is 4.50. The smallest absolute Gasteiger partial charge is 0.252 e. The summed E-state index contributed by atoms with van der Waals surface area (Å²) in [6.45, 7) is 2.48. The Morgan fingerprint density at radius 3 is 3.00 bits per heavy atom. The fraction of sp³-hybridized carbons (Fsp3) is 0.429. The number of nitrogens with zero attached hydrogens (tertiary/aromatic N) is 2. The molecule has 1 aromatic heterocycles. The van der Waals surface area contributed by atoms with E-state index >= 15 is 0 Å². The summed E-state index contributed by atoms with van der Waals surface area (Å²) in [5, 5.41) is 11.5. The van der Waals surface area contributed by atoms with Gasteiger partial charge in [0.05, 0.1) is 11.6 Å². The summed E-state index contributed by atoms with van der Waals surface area (Å²) in [5.41, 5.74) is 0.526. The van der Waals surface area contributed by atoms with Crippen molar-refractivity contribution in [2.75, 3.05) is 6.54 Å². The molecule has 0 aliphatic heterocycles. The summed E-state index contributed by atoms with van der Waals surface area (Å²) < 4.78 is 0. The largest absolute Gasteiger partial charge is 0.352 e. The van der Waals surface area contributed by atoms with Crippen LogP contribution in [0.2, 0.25) is 0 Å². The molecule has 0 spiro atoms. The predicted octanol–water partition coefficient (Wildman–Crippen LogP) is 1.57. The van der Waals surface area contributed by atoms with E-state index in [1.807, 2.05) is 13.0 Å². The molecule has 2 atom stereocenters. The Balaban J connectivity index is 2.29. The molecule has 100 valence electrons. The average molecular weight is 259 g/mol. The molecule has 0 saturated carbocycles. The van der Waals surface area contributed by atoms with Gasteiger partial charge in [-0.3, -0.25) is 9.78 Å². The van der Waals surface area contributed by atoms with Crippen molar-refractivity contribution in [1.82, 2.24) is 10.3 Å². The van der Waals surface area contributed by atoms with Crippen molar-refractivity contribution in [2.45, 2.75) is 19.8 Å². The molecule has 0 saturated heterocycles. The molecule has 1 aromatic rings. The third-order valence-electron chi connectivity index (χ3n) is 2.83. The van der Waals surface area contributed by atoms with Gasteiger partial charge in [-0.15, -0.1) is 0 Å². The lowest BCUT2D eigenvalue weighted by atomic mass is 9.95. The van der Waals surface area contributed by atoms with Gasteiger partial charge in [-0.25, -0.2) is 0 Å². The van der Waals surface area contributed by atoms with Gasteiger partial charge in [0, 0.05) is 18.9 Å². The molecule has 1 amide bonds. The van der Waals surface area contributed by atoms with Gasteiger partial charge in [0.15, 0.2) is 0 Å². The first-order valence-corrected chi connectivity index (χ1v) is 6.20. The first kappa shape index (κ1) is 14.8. The molecule has 0 bridgehead atoms. The Morgan fingerprint density at radius 2 is 2.42 bits per heavy atom. The normalized spacial score (nSPS) is 13.1. The molecule has 5 nitrogen and oxygen atoms in total. The summed E-state index contributed by atoms with van der Waals surface area (Å²) in [6.07, 6.45) is 5.06. The molecule has 0 aliphatic rings. The fourth-order valence-electron chi connectivity index (χ4n) is 1.72. The number of rotatable bonds is 7. The van der Waals surface area contributed by atoms with Crippen molar-refractivity contribution in [3.8, 4) is 6.07 Å². The van der Waals surface area contributed by atoms with E-state index in [1.165, 1.54) is 6.20 Å². The highest BCUT2D eigenvalue weighted by atomic mass is 16.1. The van der Waals surface area contributed by atoms with Crippen LogP contribution >= 0.6 is 0 Å². The Hall–Kier alpha value is -2.22. The van der Waals surface area contributed by atoms with Gasteiger partial charge in [-0.1, -0.05) is 6.92 Å². The van der Waals surface area contributed by atoms with Crippen molar-refractivity contribution < 1.29 is 9.59 Å². The number of pyridine rings is 1. The number of hydrogen-bond donors (Lipinski definition) is 1. The minimum absolute atomic E-state index is 0.160. The highest BCUT2D eigenvalue weighted by Crippen LogP contribution is 2.12. The number of amides is 1. The maximum Gasteiger partial charge on any atom is 0.252 e. The molecule has 0 aliphatic carbocycles. The first-order chi connectivity index (χ1) is 9.17. The molecule has 0 fully saturated rings. The fourth-order valence-corrected chi connectivity index (χ4v) is 1.72. The topological polar surface area (TPSA) is 82.8 Å². The van der Waals surface area contributed by atoms with Crippen molar-refractivity contribution in [3.63, 3.8) is 0 Å². The number of carbonyl (C=O) groups is 2. The van der Waals surface area contributed by atoms with Crippen LogP contribution in [0, 0.1) is 23.2 Å². The third kappa shape index (κ3) is 5.30. The zero-order chi connectivity index (χ0) is 14.1. The van der Waals surface area contributed by atoms with Gasteiger partial charge in [0.2, 0.25) is 0 Å². The van der Waals surface area contributed by atoms with E-state index in [-0.39, 0.29) is 11.8 Å². The number of aldehydes is 1. The second-order valence-electron chi connectivity index (χ2n) is 4.50. The summed E-state index contributed by atoms with van der Waals surface area (Å²) in [5.74, 6) is -0.499. The van der Waals surface area contributed by atoms with Crippen LogP contribution in [0.15, 0.2) is 24.5 Å². The monoisotopic (exact) mass is 259 g/mol. The first-order valence-electron chi connectivity index (χ1n) is 6.20. The predicted molar refractivity (Wildman–Crippen MR) is 70.1 cm³/mol. The van der Waals surface area contributed by atoms with Crippen molar-refractivity contribution in [2.24, 2.45) is 11.8 Å². The summed E-state index contributed by atoms with van der Waals surface area (Å²) >= 11 is 0. The zero-order valence-corrected chi connectivity index (χ0v) is 10.9. The standard InChI is InChI=1S/C14H17N3O2/c1-11(7-12(8-15)10-18)4-6-17-14(19)13-3-2-5-16-9-13/h2-3,5,9-12H,4,6-7H2,1H3,(H,17,19)/t11?,12-/m0/s1. The van der Waals surface area contributed by atoms with Gasteiger partial charge in [-0.05, 0) is 30.9 Å². The van der Waals surface area contributed by atoms with Crippen LogP contribution in [-0.2, 0) is 4.79 Å². The molecule has 19 heavy (non-hydrogen) atoms. The molecule has 1 rings (SSSR count). The van der Waals surface area contributed by atoms with E-state index in [0.29, 0.717) is 24.8 Å². The molecule has 1 unspecified atom stereocenters. The van der Waals surface area contributed by atoms with E-state index in [0.717, 1.165) is 6.42 Å². The average Bonchev–Trinajstić information content (AvgIpc) is 2.45. The summed E-state index contributed by atoms with van der Waals surface area (Å²) in [7, 11) is 0. The van der Waals surface area contributed by atoms with Crippen LogP contribution in [0.5, 0.6) is 0 Å². The summed E-state index contributed by atoms with van der Waals surface area (Å²) in [6, 6.07) is 5.35. The Kier molecular flexibility index (Phi) is 6.23. The Morgan fingerprint density at radius 1 is 1.63 bits per heavy atom. The highest BCUT2D eigenvalue weighted by molar-refractivity contribution is 5.93. The zero-order valence-electron chi connectivity index (χ0n) is 10.9. The van der Waals surface area contributed by atoms with Crippen molar-refractivity contribution in [1.29, 1.82) is 5.26 Å². The van der Waals surface area contributed by atoms with Crippen molar-refractivity contribution >= 4 is 12.2 Å². The molecule has 1 heterocycles. The lowest BCUT2D eigenvalue weighted by Gasteiger charge is -2.12. The molecule has 1 N–H and O–H groups in total. The van der Waals surface area contributed by atoms with Crippen LogP contribution < -0.4 is 5.32 Å². The van der Waals surface area contributed by atoms with Crippen molar-refractivity contribution in [3.05, 3.63) is 30.1 Å². The maximum atomic E-state index is 11.7.